The molecule has 20 heavy (non-hydrogen) atoms. The predicted octanol–water partition coefficient (Wildman–Crippen LogP) is 2.61. The average molecular weight is 291 g/mol. The van der Waals surface area contributed by atoms with Crippen LogP contribution in [-0.4, -0.2) is 27.0 Å². The number of carboxylic acids is 1. The first-order valence-electron chi connectivity index (χ1n) is 5.94. The third-order valence-electron chi connectivity index (χ3n) is 2.53. The van der Waals surface area contributed by atoms with Crippen molar-refractivity contribution in [3.8, 4) is 0 Å². The van der Waals surface area contributed by atoms with E-state index in [-0.39, 0.29) is 17.3 Å². The standard InChI is InChI=1S/C13H13N3O3S/c1-7(2)10-6-20-13(15-10)16-11(17)8-4-3-5-9(14-8)12(18)19/h3-7H,1-2H3,(H,18,19)(H,15,16,17). The van der Waals surface area contributed by atoms with E-state index in [0.717, 1.165) is 5.69 Å². The van der Waals surface area contributed by atoms with E-state index in [4.69, 9.17) is 5.11 Å². The number of nitrogens with zero attached hydrogens (tertiary/aromatic N) is 2. The number of carboxylic acid groups (broad SMARTS) is 1. The number of hydrogen-bond acceptors (Lipinski definition) is 5. The summed E-state index contributed by atoms with van der Waals surface area (Å²) < 4.78 is 0. The zero-order valence-electron chi connectivity index (χ0n) is 11.0. The van der Waals surface area contributed by atoms with Crippen LogP contribution in [0.1, 0.15) is 46.4 Å². The molecule has 0 atom stereocenters. The Morgan fingerprint density at radius 3 is 2.55 bits per heavy atom. The van der Waals surface area contributed by atoms with Crippen LogP contribution >= 0.6 is 11.3 Å². The molecule has 2 aromatic rings. The number of aromatic nitrogens is 2. The molecular formula is C13H13N3O3S. The number of pyridine rings is 1. The fourth-order valence-electron chi connectivity index (χ4n) is 1.45. The summed E-state index contributed by atoms with van der Waals surface area (Å²) in [5.74, 6) is -1.36. The average Bonchev–Trinajstić information content (AvgIpc) is 2.87. The second-order valence-electron chi connectivity index (χ2n) is 4.40. The van der Waals surface area contributed by atoms with Crippen LogP contribution in [0, 0.1) is 0 Å². The van der Waals surface area contributed by atoms with Gasteiger partial charge in [0.05, 0.1) is 5.69 Å². The van der Waals surface area contributed by atoms with Crippen LogP contribution in [0.4, 0.5) is 5.13 Å². The van der Waals surface area contributed by atoms with Crippen LogP contribution in [0.2, 0.25) is 0 Å². The van der Waals surface area contributed by atoms with Gasteiger partial charge in [0, 0.05) is 5.38 Å². The molecule has 0 spiro atoms. The molecule has 104 valence electrons. The summed E-state index contributed by atoms with van der Waals surface area (Å²) in [5.41, 5.74) is 0.781. The fraction of sp³-hybridized carbons (Fsp3) is 0.231. The number of rotatable bonds is 4. The summed E-state index contributed by atoms with van der Waals surface area (Å²) in [7, 11) is 0. The summed E-state index contributed by atoms with van der Waals surface area (Å²) in [6, 6.07) is 4.27. The highest BCUT2D eigenvalue weighted by atomic mass is 32.1. The topological polar surface area (TPSA) is 92.2 Å². The summed E-state index contributed by atoms with van der Waals surface area (Å²) in [6.07, 6.45) is 0. The maximum atomic E-state index is 12.0. The Morgan fingerprint density at radius 2 is 1.95 bits per heavy atom. The van der Waals surface area contributed by atoms with E-state index in [1.165, 1.54) is 29.5 Å². The van der Waals surface area contributed by atoms with Gasteiger partial charge in [-0.3, -0.25) is 10.1 Å². The monoisotopic (exact) mass is 291 g/mol. The van der Waals surface area contributed by atoms with E-state index in [1.807, 2.05) is 19.2 Å². The lowest BCUT2D eigenvalue weighted by atomic mass is 10.2. The molecule has 7 heteroatoms. The van der Waals surface area contributed by atoms with Gasteiger partial charge >= 0.3 is 5.97 Å². The van der Waals surface area contributed by atoms with E-state index < -0.39 is 11.9 Å². The summed E-state index contributed by atoms with van der Waals surface area (Å²) in [4.78, 5) is 30.8. The van der Waals surface area contributed by atoms with Crippen molar-refractivity contribution >= 4 is 28.3 Å². The van der Waals surface area contributed by atoms with Crippen LogP contribution in [0.3, 0.4) is 0 Å². The molecule has 6 nitrogen and oxygen atoms in total. The molecule has 2 rings (SSSR count). The molecule has 2 aromatic heterocycles. The zero-order valence-corrected chi connectivity index (χ0v) is 11.8. The molecule has 0 saturated heterocycles. The SMILES string of the molecule is CC(C)c1csc(NC(=O)c2cccc(C(=O)O)n2)n1. The maximum absolute atomic E-state index is 12.0. The van der Waals surface area contributed by atoms with Crippen LogP contribution < -0.4 is 5.32 Å². The molecule has 0 aromatic carbocycles. The van der Waals surface area contributed by atoms with Gasteiger partial charge < -0.3 is 5.11 Å². The lowest BCUT2D eigenvalue weighted by Gasteiger charge is -2.02. The lowest BCUT2D eigenvalue weighted by molar-refractivity contribution is 0.0690. The van der Waals surface area contributed by atoms with Crippen LogP contribution in [0.25, 0.3) is 0 Å². The second-order valence-corrected chi connectivity index (χ2v) is 5.26. The molecule has 0 aliphatic carbocycles. The van der Waals surface area contributed by atoms with Gasteiger partial charge in [-0.25, -0.2) is 14.8 Å². The van der Waals surface area contributed by atoms with Crippen molar-refractivity contribution in [2.24, 2.45) is 0 Å². The normalized spacial score (nSPS) is 10.6. The molecule has 0 fully saturated rings. The summed E-state index contributed by atoms with van der Waals surface area (Å²) in [6.45, 7) is 4.02. The van der Waals surface area contributed by atoms with Crippen LogP contribution in [0.5, 0.6) is 0 Å². The molecule has 1 amide bonds. The smallest absolute Gasteiger partial charge is 0.354 e. The van der Waals surface area contributed by atoms with Crippen molar-refractivity contribution in [3.05, 3.63) is 40.7 Å². The number of amides is 1. The summed E-state index contributed by atoms with van der Waals surface area (Å²) >= 11 is 1.32. The second kappa shape index (κ2) is 5.79. The highest BCUT2D eigenvalue weighted by Gasteiger charge is 2.13. The fourth-order valence-corrected chi connectivity index (χ4v) is 2.32. The van der Waals surface area contributed by atoms with Crippen molar-refractivity contribution < 1.29 is 14.7 Å². The summed E-state index contributed by atoms with van der Waals surface area (Å²) in [5, 5.41) is 13.8. The van der Waals surface area contributed by atoms with Crippen molar-refractivity contribution in [2.75, 3.05) is 5.32 Å². The highest BCUT2D eigenvalue weighted by molar-refractivity contribution is 7.14. The molecule has 0 bridgehead atoms. The Kier molecular flexibility index (Phi) is 4.09. The Labute approximate surface area is 119 Å². The number of nitrogens with one attached hydrogen (secondary N) is 1. The Bertz CT molecular complexity index is 652. The van der Waals surface area contributed by atoms with E-state index >= 15 is 0 Å². The third kappa shape index (κ3) is 3.18. The van der Waals surface area contributed by atoms with Gasteiger partial charge in [-0.1, -0.05) is 19.9 Å². The lowest BCUT2D eigenvalue weighted by Crippen LogP contribution is -2.15. The minimum atomic E-state index is -1.17. The molecule has 0 aliphatic rings. The van der Waals surface area contributed by atoms with Crippen molar-refractivity contribution in [3.63, 3.8) is 0 Å². The maximum Gasteiger partial charge on any atom is 0.354 e. The molecule has 0 aliphatic heterocycles. The number of carbonyl (C=O) groups is 2. The number of thiazole rings is 1. The van der Waals surface area contributed by atoms with Gasteiger partial charge in [0.2, 0.25) is 0 Å². The van der Waals surface area contributed by atoms with Gasteiger partial charge in [0.1, 0.15) is 11.4 Å². The molecule has 0 radical (unpaired) electrons. The van der Waals surface area contributed by atoms with E-state index in [2.05, 4.69) is 15.3 Å². The van der Waals surface area contributed by atoms with Crippen molar-refractivity contribution in [1.82, 2.24) is 9.97 Å². The molecule has 0 unspecified atom stereocenters. The minimum Gasteiger partial charge on any atom is -0.477 e. The zero-order chi connectivity index (χ0) is 14.7. The van der Waals surface area contributed by atoms with Crippen LogP contribution in [0.15, 0.2) is 23.6 Å². The van der Waals surface area contributed by atoms with E-state index in [9.17, 15) is 9.59 Å². The Morgan fingerprint density at radius 1 is 1.25 bits per heavy atom. The van der Waals surface area contributed by atoms with Gasteiger partial charge in [-0.15, -0.1) is 11.3 Å². The highest BCUT2D eigenvalue weighted by Crippen LogP contribution is 2.21. The Balaban J connectivity index is 2.15. The van der Waals surface area contributed by atoms with Gasteiger partial charge in [-0.05, 0) is 18.1 Å². The number of aromatic carboxylic acids is 1. The van der Waals surface area contributed by atoms with E-state index in [0.29, 0.717) is 5.13 Å². The largest absolute Gasteiger partial charge is 0.477 e. The van der Waals surface area contributed by atoms with E-state index in [1.54, 1.807) is 0 Å². The molecule has 2 heterocycles. The number of carbonyl (C=O) groups excluding carboxylic acids is 1. The molecule has 0 saturated carbocycles. The first-order chi connectivity index (χ1) is 9.47. The number of hydrogen-bond donors (Lipinski definition) is 2. The molecular weight excluding hydrogens is 278 g/mol. The van der Waals surface area contributed by atoms with Gasteiger partial charge in [-0.2, -0.15) is 0 Å². The van der Waals surface area contributed by atoms with Crippen molar-refractivity contribution in [1.29, 1.82) is 0 Å². The molecule has 2 N–H and O–H groups in total. The van der Waals surface area contributed by atoms with Crippen molar-refractivity contribution in [2.45, 2.75) is 19.8 Å². The first-order valence-corrected chi connectivity index (χ1v) is 6.82. The Hall–Kier alpha value is -2.28. The quantitative estimate of drug-likeness (QED) is 0.903. The third-order valence-corrected chi connectivity index (χ3v) is 3.31. The predicted molar refractivity (Wildman–Crippen MR) is 75.4 cm³/mol. The van der Waals surface area contributed by atoms with Gasteiger partial charge in [0.15, 0.2) is 5.13 Å². The van der Waals surface area contributed by atoms with Gasteiger partial charge in [0.25, 0.3) is 5.91 Å². The van der Waals surface area contributed by atoms with Crippen LogP contribution in [-0.2, 0) is 0 Å². The minimum absolute atomic E-state index is 0.0474. The number of anilines is 1. The first kappa shape index (κ1) is 14.1.